The molecule has 1 aliphatic rings. The summed E-state index contributed by atoms with van der Waals surface area (Å²) in [5.41, 5.74) is 0. The van der Waals surface area contributed by atoms with E-state index < -0.39 is 35.9 Å². The summed E-state index contributed by atoms with van der Waals surface area (Å²) in [5.74, 6) is -3.87. The van der Waals surface area contributed by atoms with Crippen molar-refractivity contribution in [2.24, 2.45) is 0 Å². The molecule has 10 nitrogen and oxygen atoms in total. The lowest BCUT2D eigenvalue weighted by Crippen LogP contribution is -2.45. The summed E-state index contributed by atoms with van der Waals surface area (Å²) in [6, 6.07) is -1.30. The smallest absolute Gasteiger partial charge is 0.451 e. The van der Waals surface area contributed by atoms with Gasteiger partial charge in [-0.1, -0.05) is 0 Å². The first kappa shape index (κ1) is 17.8. The summed E-state index contributed by atoms with van der Waals surface area (Å²) in [7, 11) is 0. The number of halogens is 3. The Balaban J connectivity index is 1.91. The largest absolute Gasteiger partial charge is 0.480 e. The second kappa shape index (κ2) is 6.07. The first-order valence-corrected chi connectivity index (χ1v) is 7.58. The maximum absolute atomic E-state index is 12.6. The van der Waals surface area contributed by atoms with E-state index >= 15 is 0 Å². The fourth-order valence-corrected chi connectivity index (χ4v) is 2.39. The minimum atomic E-state index is -4.71. The van der Waals surface area contributed by atoms with Gasteiger partial charge in [0.15, 0.2) is 0 Å². The number of carbonyl (C=O) groups is 2. The maximum Gasteiger partial charge on any atom is 0.451 e. The Hall–Kier alpha value is -2.99. The third-order valence-corrected chi connectivity index (χ3v) is 3.84. The summed E-state index contributed by atoms with van der Waals surface area (Å²) >= 11 is 0. The third kappa shape index (κ3) is 3.23. The molecule has 2 heterocycles. The number of aliphatic carboxylic acids is 1. The van der Waals surface area contributed by atoms with Crippen LogP contribution in [0, 0.1) is 6.92 Å². The molecule has 2 N–H and O–H groups in total. The van der Waals surface area contributed by atoms with Crippen LogP contribution in [0.1, 0.15) is 42.0 Å². The van der Waals surface area contributed by atoms with Crippen LogP contribution in [-0.4, -0.2) is 63.9 Å². The van der Waals surface area contributed by atoms with Gasteiger partial charge >= 0.3 is 12.1 Å². The number of hydrogen-bond donors (Lipinski definition) is 2. The fraction of sp³-hybridized carbons (Fsp3) is 0.538. The van der Waals surface area contributed by atoms with E-state index in [9.17, 15) is 27.9 Å². The van der Waals surface area contributed by atoms with Crippen molar-refractivity contribution >= 4 is 11.9 Å². The number of aromatic nitrogens is 6. The molecule has 3 rings (SSSR count). The van der Waals surface area contributed by atoms with E-state index in [0.717, 1.165) is 4.68 Å². The number of aromatic amines is 1. The molecule has 1 aliphatic carbocycles. The standard InChI is InChI=1S/C13H14F3N7O3/c1-5(10(25)26)22(7-3-4-7)9(24)8-17-6(2)23(21-8)12-18-11(19-20-12)13(14,15)16/h5,7H,3-4H2,1-2H3,(H,25,26)(H,18,19,20). The molecule has 2 aromatic heterocycles. The minimum absolute atomic E-state index is 0.0831. The molecule has 2 aromatic rings. The van der Waals surface area contributed by atoms with Crippen LogP contribution in [0.3, 0.4) is 0 Å². The van der Waals surface area contributed by atoms with E-state index in [0.29, 0.717) is 12.8 Å². The Morgan fingerprint density at radius 2 is 2.00 bits per heavy atom. The molecule has 0 bridgehead atoms. The van der Waals surface area contributed by atoms with Crippen LogP contribution in [0.25, 0.3) is 5.95 Å². The average molecular weight is 373 g/mol. The molecule has 0 spiro atoms. The Morgan fingerprint density at radius 1 is 1.35 bits per heavy atom. The van der Waals surface area contributed by atoms with Crippen LogP contribution in [0.15, 0.2) is 0 Å². The number of alkyl halides is 3. The first-order chi connectivity index (χ1) is 12.1. The zero-order valence-electron chi connectivity index (χ0n) is 13.6. The number of nitrogens with one attached hydrogen (secondary N) is 1. The summed E-state index contributed by atoms with van der Waals surface area (Å²) in [4.78, 5) is 32.2. The number of amides is 1. The number of aryl methyl sites for hydroxylation is 1. The zero-order chi connectivity index (χ0) is 19.2. The monoisotopic (exact) mass is 373 g/mol. The van der Waals surface area contributed by atoms with Crippen molar-refractivity contribution in [2.45, 2.75) is 44.9 Å². The molecule has 0 saturated heterocycles. The molecule has 26 heavy (non-hydrogen) atoms. The van der Waals surface area contributed by atoms with E-state index in [1.165, 1.54) is 18.7 Å². The van der Waals surface area contributed by atoms with Crippen molar-refractivity contribution in [1.82, 2.24) is 34.8 Å². The lowest BCUT2D eigenvalue weighted by atomic mass is 10.2. The Morgan fingerprint density at radius 3 is 2.50 bits per heavy atom. The minimum Gasteiger partial charge on any atom is -0.480 e. The van der Waals surface area contributed by atoms with Gasteiger partial charge in [-0.25, -0.2) is 9.78 Å². The highest BCUT2D eigenvalue weighted by molar-refractivity contribution is 5.93. The predicted molar refractivity (Wildman–Crippen MR) is 77.3 cm³/mol. The van der Waals surface area contributed by atoms with Gasteiger partial charge in [-0.2, -0.15) is 22.8 Å². The molecule has 0 radical (unpaired) electrons. The van der Waals surface area contributed by atoms with Crippen molar-refractivity contribution in [1.29, 1.82) is 0 Å². The van der Waals surface area contributed by atoms with Gasteiger partial charge < -0.3 is 10.0 Å². The molecule has 0 aliphatic heterocycles. The fourth-order valence-electron chi connectivity index (χ4n) is 2.39. The Kier molecular flexibility index (Phi) is 4.16. The van der Waals surface area contributed by atoms with Gasteiger partial charge in [0.25, 0.3) is 11.9 Å². The summed E-state index contributed by atoms with van der Waals surface area (Å²) in [6.45, 7) is 2.78. The van der Waals surface area contributed by atoms with E-state index in [1.54, 1.807) is 5.10 Å². The molecule has 1 fully saturated rings. The highest BCUT2D eigenvalue weighted by Crippen LogP contribution is 2.30. The molecule has 1 atom stereocenters. The summed E-state index contributed by atoms with van der Waals surface area (Å²) in [6.07, 6.45) is -3.38. The molecular formula is C13H14F3N7O3. The van der Waals surface area contributed by atoms with Gasteiger partial charge in [-0.15, -0.1) is 10.2 Å². The molecular weight excluding hydrogens is 359 g/mol. The second-order valence-corrected chi connectivity index (χ2v) is 5.83. The summed E-state index contributed by atoms with van der Waals surface area (Å²) < 4.78 is 38.7. The lowest BCUT2D eigenvalue weighted by molar-refractivity contribution is -0.144. The molecule has 1 saturated carbocycles. The quantitative estimate of drug-likeness (QED) is 0.792. The molecule has 0 aromatic carbocycles. The number of carbonyl (C=O) groups excluding carboxylic acids is 1. The average Bonchev–Trinajstić information content (AvgIpc) is 3.09. The van der Waals surface area contributed by atoms with Crippen LogP contribution < -0.4 is 0 Å². The predicted octanol–water partition coefficient (Wildman–Crippen LogP) is 0.790. The van der Waals surface area contributed by atoms with Crippen molar-refractivity contribution < 1.29 is 27.9 Å². The summed E-state index contributed by atoms with van der Waals surface area (Å²) in [5, 5.41) is 18.2. The van der Waals surface area contributed by atoms with Gasteiger partial charge in [0, 0.05) is 6.04 Å². The van der Waals surface area contributed by atoms with Gasteiger partial charge in [-0.05, 0) is 26.7 Å². The first-order valence-electron chi connectivity index (χ1n) is 7.58. The highest BCUT2D eigenvalue weighted by Gasteiger charge is 2.40. The third-order valence-electron chi connectivity index (χ3n) is 3.84. The van der Waals surface area contributed by atoms with Crippen molar-refractivity contribution in [3.05, 3.63) is 17.5 Å². The van der Waals surface area contributed by atoms with E-state index in [4.69, 9.17) is 0 Å². The number of H-pyrrole nitrogens is 1. The molecule has 140 valence electrons. The zero-order valence-corrected chi connectivity index (χ0v) is 13.6. The molecule has 13 heteroatoms. The van der Waals surface area contributed by atoms with Crippen LogP contribution in [-0.2, 0) is 11.0 Å². The normalized spacial score (nSPS) is 15.7. The van der Waals surface area contributed by atoms with Crippen LogP contribution in [0.5, 0.6) is 0 Å². The van der Waals surface area contributed by atoms with Crippen LogP contribution >= 0.6 is 0 Å². The Labute approximate surface area is 144 Å². The molecule has 1 unspecified atom stereocenters. The molecule has 1 amide bonds. The van der Waals surface area contributed by atoms with Gasteiger partial charge in [-0.3, -0.25) is 9.89 Å². The van der Waals surface area contributed by atoms with E-state index in [2.05, 4.69) is 20.2 Å². The topological polar surface area (TPSA) is 130 Å². The number of carboxylic acid groups (broad SMARTS) is 1. The highest BCUT2D eigenvalue weighted by atomic mass is 19.4. The lowest BCUT2D eigenvalue weighted by Gasteiger charge is -2.24. The van der Waals surface area contributed by atoms with Gasteiger partial charge in [0.2, 0.25) is 11.6 Å². The SMILES string of the molecule is Cc1nc(C(=O)N(C2CC2)C(C)C(=O)O)nn1-c1n[nH]c(C(F)(F)F)n1. The number of rotatable bonds is 5. The number of hydrogen-bond acceptors (Lipinski definition) is 6. The second-order valence-electron chi connectivity index (χ2n) is 5.83. The van der Waals surface area contributed by atoms with Gasteiger partial charge in [0.05, 0.1) is 0 Å². The van der Waals surface area contributed by atoms with Crippen molar-refractivity contribution in [3.8, 4) is 5.95 Å². The Bertz CT molecular complexity index is 856. The number of carboxylic acids is 1. The van der Waals surface area contributed by atoms with E-state index in [-0.39, 0.29) is 17.7 Å². The maximum atomic E-state index is 12.6. The van der Waals surface area contributed by atoms with E-state index in [1.807, 2.05) is 0 Å². The van der Waals surface area contributed by atoms with Crippen LogP contribution in [0.2, 0.25) is 0 Å². The van der Waals surface area contributed by atoms with Crippen molar-refractivity contribution in [2.75, 3.05) is 0 Å². The van der Waals surface area contributed by atoms with Crippen LogP contribution in [0.4, 0.5) is 13.2 Å². The number of nitrogens with zero attached hydrogens (tertiary/aromatic N) is 6. The van der Waals surface area contributed by atoms with Crippen molar-refractivity contribution in [3.63, 3.8) is 0 Å². The van der Waals surface area contributed by atoms with Gasteiger partial charge in [0.1, 0.15) is 11.9 Å².